The molecule has 0 aliphatic carbocycles. The molecule has 1 aromatic rings. The second kappa shape index (κ2) is 5.75. The first kappa shape index (κ1) is 14.5. The van der Waals surface area contributed by atoms with E-state index in [1.54, 1.807) is 0 Å². The van der Waals surface area contributed by atoms with Gasteiger partial charge in [0, 0.05) is 19.6 Å². The Morgan fingerprint density at radius 3 is 2.43 bits per heavy atom. The Labute approximate surface area is 125 Å². The Kier molecular flexibility index (Phi) is 3.97. The maximum atomic E-state index is 11.9. The summed E-state index contributed by atoms with van der Waals surface area (Å²) in [6, 6.07) is 9.41. The number of carbonyl (C=O) groups excluding carboxylic acids is 1. The lowest BCUT2D eigenvalue weighted by atomic mass is 9.86. The van der Waals surface area contributed by atoms with Crippen LogP contribution < -0.4 is 11.5 Å². The van der Waals surface area contributed by atoms with Crippen LogP contribution in [-0.2, 0) is 15.1 Å². The highest BCUT2D eigenvalue weighted by molar-refractivity contribution is 5.85. The van der Waals surface area contributed by atoms with E-state index in [0.717, 1.165) is 38.0 Å². The smallest absolute Gasteiger partial charge is 0.242 e. The van der Waals surface area contributed by atoms with Crippen molar-refractivity contribution in [3.63, 3.8) is 0 Å². The minimum absolute atomic E-state index is 0.348. The lowest BCUT2D eigenvalue weighted by Gasteiger charge is -2.35. The summed E-state index contributed by atoms with van der Waals surface area (Å²) in [5, 5.41) is 0. The van der Waals surface area contributed by atoms with Crippen LogP contribution in [0.1, 0.15) is 24.8 Å². The highest BCUT2D eigenvalue weighted by atomic mass is 16.5. The molecule has 0 aromatic heterocycles. The van der Waals surface area contributed by atoms with Gasteiger partial charge in [-0.15, -0.1) is 0 Å². The highest BCUT2D eigenvalue weighted by Gasteiger charge is 2.37. The van der Waals surface area contributed by atoms with Gasteiger partial charge in [0.2, 0.25) is 5.91 Å². The molecular weight excluding hydrogens is 266 g/mol. The molecule has 114 valence electrons. The minimum Gasteiger partial charge on any atom is -0.372 e. The molecule has 0 spiro atoms. The largest absolute Gasteiger partial charge is 0.372 e. The number of ether oxygens (including phenoxy) is 1. The van der Waals surface area contributed by atoms with Crippen LogP contribution in [0.3, 0.4) is 0 Å². The Morgan fingerprint density at radius 2 is 1.86 bits per heavy atom. The predicted octanol–water partition coefficient (Wildman–Crippen LogP) is 0.579. The molecule has 5 nitrogen and oxygen atoms in total. The molecular formula is C16H23N3O2. The average Bonchev–Trinajstić information content (AvgIpc) is 2.84. The molecule has 4 N–H and O–H groups in total. The number of nitrogens with two attached hydrogens (primary N) is 2. The highest BCUT2D eigenvalue weighted by Crippen LogP contribution is 2.28. The van der Waals surface area contributed by atoms with Crippen LogP contribution in [0, 0.1) is 0 Å². The number of primary amides is 1. The van der Waals surface area contributed by atoms with Crippen molar-refractivity contribution < 1.29 is 9.53 Å². The number of fused-ring (bicyclic) bond motifs is 2. The number of hydrogen-bond donors (Lipinski definition) is 2. The van der Waals surface area contributed by atoms with E-state index in [-0.39, 0.29) is 0 Å². The topological polar surface area (TPSA) is 81.6 Å². The summed E-state index contributed by atoms with van der Waals surface area (Å²) in [4.78, 5) is 14.2. The molecule has 3 atom stereocenters. The van der Waals surface area contributed by atoms with Crippen molar-refractivity contribution in [1.82, 2.24) is 4.90 Å². The fourth-order valence-corrected chi connectivity index (χ4v) is 3.36. The number of likely N-dealkylation sites (tertiary alicyclic amines) is 1. The fraction of sp³-hybridized carbons (Fsp3) is 0.562. The molecule has 2 heterocycles. The standard InChI is InChI=1S/C16H23N3O2/c17-15(20)16(18,12-4-2-1-3-5-12)8-9-19-10-13-6-7-14(11-19)21-13/h1-5,13-14H,6-11,18H2,(H2,17,20). The second-order valence-corrected chi connectivity index (χ2v) is 6.17. The zero-order valence-corrected chi connectivity index (χ0v) is 12.2. The second-order valence-electron chi connectivity index (χ2n) is 6.17. The van der Waals surface area contributed by atoms with E-state index in [1.165, 1.54) is 0 Å². The molecule has 2 aliphatic rings. The van der Waals surface area contributed by atoms with Crippen molar-refractivity contribution in [1.29, 1.82) is 0 Å². The van der Waals surface area contributed by atoms with Gasteiger partial charge in [-0.1, -0.05) is 30.3 Å². The quantitative estimate of drug-likeness (QED) is 0.831. The van der Waals surface area contributed by atoms with Crippen LogP contribution in [0.15, 0.2) is 30.3 Å². The van der Waals surface area contributed by atoms with E-state index < -0.39 is 11.4 Å². The molecule has 0 saturated carbocycles. The van der Waals surface area contributed by atoms with Gasteiger partial charge < -0.3 is 16.2 Å². The Morgan fingerprint density at radius 1 is 1.24 bits per heavy atom. The summed E-state index contributed by atoms with van der Waals surface area (Å²) in [6.45, 7) is 2.63. The predicted molar refractivity (Wildman–Crippen MR) is 80.5 cm³/mol. The number of rotatable bonds is 5. The Bertz CT molecular complexity index is 496. The molecule has 3 unspecified atom stereocenters. The number of benzene rings is 1. The molecule has 2 aliphatic heterocycles. The molecule has 21 heavy (non-hydrogen) atoms. The molecule has 2 bridgehead atoms. The van der Waals surface area contributed by atoms with Crippen molar-refractivity contribution in [3.8, 4) is 0 Å². The third-order valence-electron chi connectivity index (χ3n) is 4.67. The van der Waals surface area contributed by atoms with Crippen LogP contribution in [0.4, 0.5) is 0 Å². The Balaban J connectivity index is 1.67. The van der Waals surface area contributed by atoms with Crippen LogP contribution in [0.25, 0.3) is 0 Å². The summed E-state index contributed by atoms with van der Waals surface area (Å²) < 4.78 is 5.83. The van der Waals surface area contributed by atoms with Crippen LogP contribution in [-0.4, -0.2) is 42.6 Å². The maximum Gasteiger partial charge on any atom is 0.242 e. The number of nitrogens with zero attached hydrogens (tertiary/aromatic N) is 1. The lowest BCUT2D eigenvalue weighted by molar-refractivity contribution is -0.124. The lowest BCUT2D eigenvalue weighted by Crippen LogP contribution is -2.52. The van der Waals surface area contributed by atoms with Crippen molar-refractivity contribution >= 4 is 5.91 Å². The first-order chi connectivity index (χ1) is 10.1. The van der Waals surface area contributed by atoms with Crippen molar-refractivity contribution in [2.24, 2.45) is 11.5 Å². The number of carbonyl (C=O) groups is 1. The van der Waals surface area contributed by atoms with Crippen molar-refractivity contribution in [3.05, 3.63) is 35.9 Å². The van der Waals surface area contributed by atoms with Gasteiger partial charge in [-0.25, -0.2) is 0 Å². The monoisotopic (exact) mass is 289 g/mol. The van der Waals surface area contributed by atoms with Crippen LogP contribution in [0.5, 0.6) is 0 Å². The zero-order chi connectivity index (χ0) is 14.9. The normalized spacial score (nSPS) is 28.2. The molecule has 0 radical (unpaired) electrons. The summed E-state index contributed by atoms with van der Waals surface area (Å²) >= 11 is 0. The van der Waals surface area contributed by atoms with E-state index in [0.29, 0.717) is 18.6 Å². The summed E-state index contributed by atoms with van der Waals surface area (Å²) in [7, 11) is 0. The molecule has 1 aromatic carbocycles. The third kappa shape index (κ3) is 2.95. The average molecular weight is 289 g/mol. The van der Waals surface area contributed by atoms with Crippen LogP contribution >= 0.6 is 0 Å². The van der Waals surface area contributed by atoms with Gasteiger partial charge >= 0.3 is 0 Å². The van der Waals surface area contributed by atoms with E-state index in [9.17, 15) is 4.79 Å². The van der Waals surface area contributed by atoms with Gasteiger partial charge in [0.1, 0.15) is 5.54 Å². The van der Waals surface area contributed by atoms with Gasteiger partial charge in [0.25, 0.3) is 0 Å². The maximum absolute atomic E-state index is 11.9. The van der Waals surface area contributed by atoms with E-state index >= 15 is 0 Å². The Hall–Kier alpha value is -1.43. The van der Waals surface area contributed by atoms with Gasteiger partial charge in [-0.3, -0.25) is 9.69 Å². The minimum atomic E-state index is -1.10. The summed E-state index contributed by atoms with van der Waals surface area (Å²) in [5.74, 6) is -0.468. The van der Waals surface area contributed by atoms with Crippen molar-refractivity contribution in [2.45, 2.75) is 37.0 Å². The first-order valence-corrected chi connectivity index (χ1v) is 7.60. The molecule has 3 rings (SSSR count). The van der Waals surface area contributed by atoms with Crippen LogP contribution in [0.2, 0.25) is 0 Å². The van der Waals surface area contributed by atoms with E-state index in [1.807, 2.05) is 30.3 Å². The summed E-state index contributed by atoms with van der Waals surface area (Å²) in [6.07, 6.45) is 3.51. The van der Waals surface area contributed by atoms with Gasteiger partial charge in [0.05, 0.1) is 12.2 Å². The van der Waals surface area contributed by atoms with Gasteiger partial charge in [-0.05, 0) is 24.8 Å². The van der Waals surface area contributed by atoms with Gasteiger partial charge in [0.15, 0.2) is 0 Å². The first-order valence-electron chi connectivity index (χ1n) is 7.60. The number of amides is 1. The van der Waals surface area contributed by atoms with E-state index in [4.69, 9.17) is 16.2 Å². The molecule has 1 amide bonds. The van der Waals surface area contributed by atoms with E-state index in [2.05, 4.69) is 4.90 Å². The molecule has 2 saturated heterocycles. The third-order valence-corrected chi connectivity index (χ3v) is 4.67. The zero-order valence-electron chi connectivity index (χ0n) is 12.2. The SMILES string of the molecule is NC(=O)C(N)(CCN1CC2CCC(C1)O2)c1ccccc1. The van der Waals surface area contributed by atoms with Crippen molar-refractivity contribution in [2.75, 3.05) is 19.6 Å². The van der Waals surface area contributed by atoms with Gasteiger partial charge in [-0.2, -0.15) is 0 Å². The number of hydrogen-bond acceptors (Lipinski definition) is 4. The summed E-state index contributed by atoms with van der Waals surface area (Å²) in [5.41, 5.74) is 11.6. The molecule has 5 heteroatoms. The number of morpholine rings is 1. The molecule has 2 fully saturated rings. The fourth-order valence-electron chi connectivity index (χ4n) is 3.36.